The maximum Gasteiger partial charge on any atom is 0.333 e. The zero-order valence-electron chi connectivity index (χ0n) is 12.9. The number of hydrogen-bond acceptors (Lipinski definition) is 8. The van der Waals surface area contributed by atoms with Crippen molar-refractivity contribution >= 4 is 10.3 Å². The fourth-order valence-corrected chi connectivity index (χ4v) is 3.44. The average molecular weight is 340 g/mol. The van der Waals surface area contributed by atoms with Crippen LogP contribution in [0.1, 0.15) is 27.7 Å². The molecule has 3 rings (SSSR count). The molecule has 2 N–H and O–H groups in total. The summed E-state index contributed by atoms with van der Waals surface area (Å²) in [6, 6.07) is 0. The van der Waals surface area contributed by atoms with Crippen molar-refractivity contribution in [2.24, 2.45) is 5.14 Å². The second-order valence-electron chi connectivity index (χ2n) is 6.56. The van der Waals surface area contributed by atoms with Crippen molar-refractivity contribution in [1.29, 1.82) is 0 Å². The van der Waals surface area contributed by atoms with E-state index >= 15 is 0 Å². The third-order valence-corrected chi connectivity index (χ3v) is 4.15. The lowest BCUT2D eigenvalue weighted by Crippen LogP contribution is -2.60. The topological polar surface area (TPSA) is 116 Å². The molecule has 0 aromatic carbocycles. The molecular weight excluding hydrogens is 319 g/mol. The van der Waals surface area contributed by atoms with E-state index in [9.17, 15) is 8.42 Å². The Labute approximate surface area is 129 Å². The van der Waals surface area contributed by atoms with Crippen molar-refractivity contribution in [3.63, 3.8) is 0 Å². The second-order valence-corrected chi connectivity index (χ2v) is 7.78. The van der Waals surface area contributed by atoms with Crippen LogP contribution in [0, 0.1) is 0 Å². The highest BCUT2D eigenvalue weighted by Crippen LogP contribution is 2.47. The van der Waals surface area contributed by atoms with Crippen molar-refractivity contribution in [2.75, 3.05) is 13.2 Å². The summed E-state index contributed by atoms with van der Waals surface area (Å²) in [5.41, 5.74) is 0. The van der Waals surface area contributed by atoms with Gasteiger partial charge in [0.25, 0.3) is 0 Å². The lowest BCUT2D eigenvalue weighted by Gasteiger charge is -2.40. The van der Waals surface area contributed by atoms with E-state index in [2.05, 4.69) is 0 Å². The molecule has 3 saturated heterocycles. The summed E-state index contributed by atoms with van der Waals surface area (Å²) in [5.74, 6) is -3.19. The molecule has 0 aromatic heterocycles. The molecule has 3 heterocycles. The lowest BCUT2D eigenvalue weighted by molar-refractivity contribution is -0.290. The first-order chi connectivity index (χ1) is 9.92. The van der Waals surface area contributed by atoms with Gasteiger partial charge in [-0.1, -0.05) is 0 Å². The van der Waals surface area contributed by atoms with Crippen molar-refractivity contribution in [3.05, 3.63) is 0 Å². The summed E-state index contributed by atoms with van der Waals surface area (Å²) in [7, 11) is -4.14. The van der Waals surface area contributed by atoms with Gasteiger partial charge in [0.2, 0.25) is 5.79 Å². The molecule has 22 heavy (non-hydrogen) atoms. The summed E-state index contributed by atoms with van der Waals surface area (Å²) < 4.78 is 55.9. The van der Waals surface area contributed by atoms with E-state index < -0.39 is 46.5 Å². The smallest absolute Gasteiger partial charge is 0.333 e. The van der Waals surface area contributed by atoms with Gasteiger partial charge < -0.3 is 23.7 Å². The van der Waals surface area contributed by atoms with E-state index in [0.29, 0.717) is 0 Å². The molecule has 9 nitrogen and oxygen atoms in total. The van der Waals surface area contributed by atoms with Crippen LogP contribution >= 0.6 is 0 Å². The Kier molecular flexibility index (Phi) is 3.63. The Morgan fingerprint density at radius 2 is 1.82 bits per heavy atom. The van der Waals surface area contributed by atoms with Crippen LogP contribution in [0.5, 0.6) is 0 Å². The minimum atomic E-state index is -4.14. The van der Waals surface area contributed by atoms with Crippen molar-refractivity contribution in [2.45, 2.75) is 63.4 Å². The Morgan fingerprint density at radius 3 is 2.45 bits per heavy atom. The first-order valence-electron chi connectivity index (χ1n) is 6.96. The van der Waals surface area contributed by atoms with Gasteiger partial charge in [0.05, 0.1) is 6.61 Å². The van der Waals surface area contributed by atoms with Gasteiger partial charge in [-0.2, -0.15) is 8.42 Å². The van der Waals surface area contributed by atoms with Crippen LogP contribution in [0.2, 0.25) is 0 Å². The van der Waals surface area contributed by atoms with E-state index in [-0.39, 0.29) is 12.7 Å². The standard InChI is InChI=1S/C12H21NO8S/c1-10(2)18-7-5-16-12(6-17-22(13,14)15)9(8(7)19-10)20-11(3,4)21-12/h7-9H,5-6H2,1-4H3,(H2,13,14,15)/t7-,8-,9+,12+/m1/s1/i6+1. The first-order valence-corrected chi connectivity index (χ1v) is 8.43. The van der Waals surface area contributed by atoms with Gasteiger partial charge in [0, 0.05) is 0 Å². The largest absolute Gasteiger partial charge is 0.343 e. The molecule has 0 bridgehead atoms. The van der Waals surface area contributed by atoms with E-state index in [0.717, 1.165) is 0 Å². The van der Waals surface area contributed by atoms with Crippen LogP contribution in [0.25, 0.3) is 0 Å². The normalized spacial score (nSPS) is 42.9. The molecule has 4 atom stereocenters. The molecular formula is C12H21NO8S. The molecule has 0 spiro atoms. The third kappa shape index (κ3) is 3.02. The molecule has 0 aromatic rings. The zero-order chi connectivity index (χ0) is 16.4. The minimum Gasteiger partial charge on any atom is -0.343 e. The average Bonchev–Trinajstić information content (AvgIpc) is 2.78. The van der Waals surface area contributed by atoms with E-state index in [1.165, 1.54) is 0 Å². The molecule has 0 aliphatic carbocycles. The summed E-state index contributed by atoms with van der Waals surface area (Å²) in [6.07, 6.45) is -1.50. The van der Waals surface area contributed by atoms with Gasteiger partial charge in [-0.3, -0.25) is 4.18 Å². The van der Waals surface area contributed by atoms with Gasteiger partial charge in [-0.25, -0.2) is 5.14 Å². The maximum absolute atomic E-state index is 11.1. The van der Waals surface area contributed by atoms with Crippen LogP contribution in [0.3, 0.4) is 0 Å². The molecule has 3 aliphatic rings. The van der Waals surface area contributed by atoms with Crippen molar-refractivity contribution < 1.29 is 36.3 Å². The van der Waals surface area contributed by atoms with E-state index in [1.54, 1.807) is 27.7 Å². The van der Waals surface area contributed by atoms with Crippen LogP contribution in [-0.2, 0) is 38.2 Å². The van der Waals surface area contributed by atoms with E-state index in [1.807, 2.05) is 0 Å². The number of fused-ring (bicyclic) bond motifs is 3. The highest BCUT2D eigenvalue weighted by Gasteiger charge is 2.65. The van der Waals surface area contributed by atoms with Crippen LogP contribution in [0.15, 0.2) is 0 Å². The highest BCUT2D eigenvalue weighted by molar-refractivity contribution is 7.84. The summed E-state index contributed by atoms with van der Waals surface area (Å²) in [6.45, 7) is 6.71. The highest BCUT2D eigenvalue weighted by atomic mass is 32.2. The zero-order valence-corrected chi connectivity index (χ0v) is 13.7. The molecule has 0 unspecified atom stereocenters. The molecule has 0 amide bonds. The van der Waals surface area contributed by atoms with Crippen LogP contribution in [0.4, 0.5) is 0 Å². The van der Waals surface area contributed by atoms with Gasteiger partial charge in [-0.15, -0.1) is 0 Å². The molecule has 0 radical (unpaired) electrons. The third-order valence-electron chi connectivity index (χ3n) is 3.70. The summed E-state index contributed by atoms with van der Waals surface area (Å²) >= 11 is 0. The number of hydrogen-bond donors (Lipinski definition) is 1. The summed E-state index contributed by atoms with van der Waals surface area (Å²) in [4.78, 5) is 0. The Hall–Kier alpha value is -0.330. The fraction of sp³-hybridized carbons (Fsp3) is 1.00. The summed E-state index contributed by atoms with van der Waals surface area (Å²) in [5, 5.41) is 4.89. The number of rotatable bonds is 3. The Balaban J connectivity index is 1.87. The van der Waals surface area contributed by atoms with Gasteiger partial charge in [-0.05, 0) is 27.7 Å². The SMILES string of the molecule is CC1(C)O[C@@H]2[C@@H](CO[C@@]3([13CH2]OS(N)(=O)=O)OC(C)(C)O[C@@H]23)O1. The van der Waals surface area contributed by atoms with Crippen LogP contribution in [-0.4, -0.2) is 57.3 Å². The van der Waals surface area contributed by atoms with Crippen LogP contribution < -0.4 is 5.14 Å². The predicted molar refractivity (Wildman–Crippen MR) is 71.6 cm³/mol. The predicted octanol–water partition coefficient (Wildman–Crippen LogP) is -0.395. The number of ether oxygens (including phenoxy) is 5. The van der Waals surface area contributed by atoms with Gasteiger partial charge >= 0.3 is 10.3 Å². The molecule has 0 saturated carbocycles. The first kappa shape index (κ1) is 16.5. The quantitative estimate of drug-likeness (QED) is 0.690. The monoisotopic (exact) mass is 340 g/mol. The van der Waals surface area contributed by atoms with Crippen molar-refractivity contribution in [3.8, 4) is 0 Å². The molecule has 128 valence electrons. The minimum absolute atomic E-state index is 0.165. The van der Waals surface area contributed by atoms with Gasteiger partial charge in [0.15, 0.2) is 11.6 Å². The lowest BCUT2D eigenvalue weighted by atomic mass is 10.0. The molecule has 3 fully saturated rings. The van der Waals surface area contributed by atoms with E-state index in [4.69, 9.17) is 33.0 Å². The van der Waals surface area contributed by atoms with Crippen molar-refractivity contribution in [1.82, 2.24) is 0 Å². The fourth-order valence-electron chi connectivity index (χ4n) is 3.11. The maximum atomic E-state index is 11.1. The Bertz CT molecular complexity index is 561. The number of nitrogens with two attached hydrogens (primary N) is 1. The second kappa shape index (κ2) is 4.84. The Morgan fingerprint density at radius 1 is 1.14 bits per heavy atom. The van der Waals surface area contributed by atoms with Gasteiger partial charge in [0.1, 0.15) is 24.9 Å². The molecule has 3 aliphatic heterocycles. The molecule has 10 heteroatoms.